The fourth-order valence-corrected chi connectivity index (χ4v) is 4.56. The number of carbonyl (C=O) groups excluding carboxylic acids is 1. The number of alkyl halides is 2. The summed E-state index contributed by atoms with van der Waals surface area (Å²) in [5.74, 6) is 0.497. The maximum atomic E-state index is 13.5. The summed E-state index contributed by atoms with van der Waals surface area (Å²) < 4.78 is 28.5. The highest BCUT2D eigenvalue weighted by atomic mass is 19.2. The molecule has 2 aromatic heterocycles. The van der Waals surface area contributed by atoms with Gasteiger partial charge in [-0.15, -0.1) is 0 Å². The lowest BCUT2D eigenvalue weighted by Crippen LogP contribution is -2.29. The Kier molecular flexibility index (Phi) is 5.99. The largest absolute Gasteiger partial charge is 0.333 e. The van der Waals surface area contributed by atoms with Gasteiger partial charge in [0.25, 0.3) is 11.5 Å². The van der Waals surface area contributed by atoms with Crippen LogP contribution in [0.5, 0.6) is 0 Å². The normalized spacial score (nSPS) is 23.6. The Bertz CT molecular complexity index is 1460. The molecule has 0 unspecified atom stereocenters. The fraction of sp³-hybridized carbons (Fsp3) is 0.320. The molecule has 2 fully saturated rings. The lowest BCUT2D eigenvalue weighted by atomic mass is 10.0. The van der Waals surface area contributed by atoms with Gasteiger partial charge in [-0.1, -0.05) is 18.7 Å². The summed E-state index contributed by atoms with van der Waals surface area (Å²) in [4.78, 5) is 46.1. The van der Waals surface area contributed by atoms with Crippen LogP contribution in [-0.2, 0) is 0 Å². The van der Waals surface area contributed by atoms with Crippen molar-refractivity contribution in [3.8, 4) is 0 Å². The van der Waals surface area contributed by atoms with Gasteiger partial charge in [0.2, 0.25) is 0 Å². The number of H-pyrrole nitrogens is 2. The van der Waals surface area contributed by atoms with Gasteiger partial charge in [0.1, 0.15) is 0 Å². The fourth-order valence-electron chi connectivity index (χ4n) is 4.56. The van der Waals surface area contributed by atoms with Crippen molar-refractivity contribution in [2.45, 2.75) is 31.6 Å². The third-order valence-electron chi connectivity index (χ3n) is 6.67. The predicted octanol–water partition coefficient (Wildman–Crippen LogP) is 2.48. The lowest BCUT2D eigenvalue weighted by molar-refractivity contribution is 0.0779. The van der Waals surface area contributed by atoms with Crippen LogP contribution in [-0.4, -0.2) is 61.6 Å². The molecule has 9 nitrogen and oxygen atoms in total. The second kappa shape index (κ2) is 9.14. The number of hydrogen-bond acceptors (Lipinski definition) is 5. The van der Waals surface area contributed by atoms with Crippen molar-refractivity contribution in [1.82, 2.24) is 24.5 Å². The van der Waals surface area contributed by atoms with Gasteiger partial charge in [-0.25, -0.2) is 23.2 Å². The molecule has 1 aliphatic heterocycles. The van der Waals surface area contributed by atoms with Crippen LogP contribution >= 0.6 is 0 Å². The highest BCUT2D eigenvalue weighted by Crippen LogP contribution is 2.53. The van der Waals surface area contributed by atoms with E-state index in [1.54, 1.807) is 36.1 Å². The Balaban J connectivity index is 1.28. The monoisotopic (exact) mass is 494 g/mol. The number of allylic oxidation sites excluding steroid dienone is 1. The van der Waals surface area contributed by atoms with E-state index in [0.29, 0.717) is 17.1 Å². The molecular formula is C25H24F2N6O3. The number of aromatic amines is 2. The Morgan fingerprint density at radius 3 is 2.53 bits per heavy atom. The minimum atomic E-state index is -1.63. The molecule has 5 rings (SSSR count). The average molecular weight is 495 g/mol. The number of aromatic nitrogens is 4. The topological polar surface area (TPSA) is 116 Å². The Morgan fingerprint density at radius 2 is 1.86 bits per heavy atom. The van der Waals surface area contributed by atoms with Crippen molar-refractivity contribution >= 4 is 17.2 Å². The first-order chi connectivity index (χ1) is 17.2. The van der Waals surface area contributed by atoms with E-state index >= 15 is 0 Å². The first-order valence-electron chi connectivity index (χ1n) is 11.5. The maximum absolute atomic E-state index is 13.5. The standard InChI is InChI=1S/C25H24F2N6O3/c1-13(22-28-7-8-33(22)31-14(2)19-10-29-25(36)30-23(19)34)17-9-18(17)15-3-5-16(6-4-15)24(35)32-11-20(26)21(27)12-32/h3-8,10,17-18,20-21H,1,9,11-12H2,2H3,(H2,29,30,34,36)/b31-14+/t17-,18-,20-,21-/m1/s1. The first-order valence-corrected chi connectivity index (χ1v) is 11.5. The van der Waals surface area contributed by atoms with Crippen LogP contribution in [0.1, 0.15) is 46.6 Å². The molecule has 0 spiro atoms. The lowest BCUT2D eigenvalue weighted by Gasteiger charge is -2.15. The number of carbonyl (C=O) groups is 1. The number of hydrogen-bond donors (Lipinski definition) is 2. The molecule has 0 radical (unpaired) electrons. The van der Waals surface area contributed by atoms with Crippen molar-refractivity contribution in [2.75, 3.05) is 13.1 Å². The van der Waals surface area contributed by atoms with E-state index in [2.05, 4.69) is 26.6 Å². The molecule has 4 atom stereocenters. The van der Waals surface area contributed by atoms with Crippen LogP contribution in [0.4, 0.5) is 8.78 Å². The van der Waals surface area contributed by atoms with Gasteiger partial charge < -0.3 is 9.88 Å². The maximum Gasteiger partial charge on any atom is 0.325 e. The third kappa shape index (κ3) is 4.43. The zero-order valence-electron chi connectivity index (χ0n) is 19.4. The molecule has 1 aromatic carbocycles. The van der Waals surface area contributed by atoms with Crippen LogP contribution in [0.3, 0.4) is 0 Å². The van der Waals surface area contributed by atoms with E-state index in [-0.39, 0.29) is 36.4 Å². The molecule has 3 heterocycles. The summed E-state index contributed by atoms with van der Waals surface area (Å²) in [6.07, 6.45) is 2.14. The molecule has 1 saturated heterocycles. The summed E-state index contributed by atoms with van der Waals surface area (Å²) in [6.45, 7) is 5.42. The molecule has 3 aromatic rings. The SMILES string of the molecule is C=C(c1nccn1/N=C(\C)c1c[nH]c(=O)[nH]c1=O)[C@H]1C[C@@H]1c1ccc(C(=O)N2C[C@@H](F)[C@H](F)C2)cc1. The number of amides is 1. The number of benzene rings is 1. The summed E-state index contributed by atoms with van der Waals surface area (Å²) in [5.41, 5.74) is 1.71. The summed E-state index contributed by atoms with van der Waals surface area (Å²) >= 11 is 0. The van der Waals surface area contributed by atoms with Crippen molar-refractivity contribution in [1.29, 1.82) is 0 Å². The van der Waals surface area contributed by atoms with Crippen LogP contribution in [0.25, 0.3) is 5.57 Å². The van der Waals surface area contributed by atoms with Gasteiger partial charge in [-0.3, -0.25) is 14.6 Å². The molecule has 186 valence electrons. The smallest absolute Gasteiger partial charge is 0.325 e. The molecule has 1 amide bonds. The van der Waals surface area contributed by atoms with E-state index in [4.69, 9.17) is 0 Å². The summed E-state index contributed by atoms with van der Waals surface area (Å²) in [5, 5.41) is 4.46. The van der Waals surface area contributed by atoms with Crippen LogP contribution in [0.15, 0.2) is 64.1 Å². The van der Waals surface area contributed by atoms with Crippen molar-refractivity contribution in [3.05, 3.63) is 92.8 Å². The summed E-state index contributed by atoms with van der Waals surface area (Å²) in [6, 6.07) is 7.09. The van der Waals surface area contributed by atoms with E-state index in [0.717, 1.165) is 17.6 Å². The van der Waals surface area contributed by atoms with Crippen LogP contribution in [0, 0.1) is 5.92 Å². The number of rotatable bonds is 6. The Hall–Kier alpha value is -4.15. The predicted molar refractivity (Wildman–Crippen MR) is 130 cm³/mol. The van der Waals surface area contributed by atoms with Gasteiger partial charge in [-0.05, 0) is 48.4 Å². The highest BCUT2D eigenvalue weighted by Gasteiger charge is 2.42. The number of nitrogens with zero attached hydrogens (tertiary/aromatic N) is 4. The third-order valence-corrected chi connectivity index (χ3v) is 6.67. The second-order valence-electron chi connectivity index (χ2n) is 9.10. The zero-order chi connectivity index (χ0) is 25.6. The zero-order valence-corrected chi connectivity index (χ0v) is 19.4. The van der Waals surface area contributed by atoms with Crippen molar-refractivity contribution in [3.63, 3.8) is 0 Å². The Morgan fingerprint density at radius 1 is 1.17 bits per heavy atom. The number of likely N-dealkylation sites (tertiary alicyclic amines) is 1. The molecule has 2 aliphatic rings. The van der Waals surface area contributed by atoms with Crippen LogP contribution in [0.2, 0.25) is 0 Å². The molecule has 36 heavy (non-hydrogen) atoms. The molecule has 2 N–H and O–H groups in total. The number of halogens is 2. The van der Waals surface area contributed by atoms with E-state index < -0.39 is 23.6 Å². The Labute approximate surface area is 204 Å². The second-order valence-corrected chi connectivity index (χ2v) is 9.10. The van der Waals surface area contributed by atoms with E-state index in [9.17, 15) is 23.2 Å². The number of nitrogens with one attached hydrogen (secondary N) is 2. The van der Waals surface area contributed by atoms with Crippen molar-refractivity contribution in [2.24, 2.45) is 11.0 Å². The van der Waals surface area contributed by atoms with Crippen LogP contribution < -0.4 is 11.2 Å². The van der Waals surface area contributed by atoms with Gasteiger partial charge in [-0.2, -0.15) is 5.10 Å². The van der Waals surface area contributed by atoms with Crippen molar-refractivity contribution < 1.29 is 13.6 Å². The van der Waals surface area contributed by atoms with Gasteiger partial charge in [0.15, 0.2) is 18.2 Å². The molecule has 1 saturated carbocycles. The highest BCUT2D eigenvalue weighted by molar-refractivity contribution is 5.98. The molecule has 0 bridgehead atoms. The quantitative estimate of drug-likeness (QED) is 0.512. The minimum absolute atomic E-state index is 0.123. The summed E-state index contributed by atoms with van der Waals surface area (Å²) in [7, 11) is 0. The van der Waals surface area contributed by atoms with Gasteiger partial charge >= 0.3 is 5.69 Å². The average Bonchev–Trinajstić information content (AvgIpc) is 3.41. The number of imidazole rings is 1. The molecular weight excluding hydrogens is 470 g/mol. The minimum Gasteiger partial charge on any atom is -0.333 e. The van der Waals surface area contributed by atoms with E-state index in [1.807, 2.05) is 12.1 Å². The van der Waals surface area contributed by atoms with Gasteiger partial charge in [0.05, 0.1) is 24.4 Å². The van der Waals surface area contributed by atoms with E-state index in [1.165, 1.54) is 11.1 Å². The first kappa shape index (κ1) is 23.6. The molecule has 11 heteroatoms. The molecule has 1 aliphatic carbocycles. The van der Waals surface area contributed by atoms with Gasteiger partial charge in [0, 0.05) is 24.2 Å².